The first-order valence-corrected chi connectivity index (χ1v) is 10.5. The van der Waals surface area contributed by atoms with Crippen LogP contribution in [0.1, 0.15) is 37.8 Å². The van der Waals surface area contributed by atoms with E-state index in [2.05, 4.69) is 25.9 Å². The number of aromatic nitrogens is 2. The normalized spacial score (nSPS) is 13.4. The highest BCUT2D eigenvalue weighted by molar-refractivity contribution is 5.93. The lowest BCUT2D eigenvalue weighted by Gasteiger charge is -2.24. The van der Waals surface area contributed by atoms with E-state index in [-0.39, 0.29) is 32.2 Å². The molecule has 4 amide bonds. The first-order valence-electron chi connectivity index (χ1n) is 10.5. The van der Waals surface area contributed by atoms with E-state index in [1.165, 1.54) is 12.5 Å². The van der Waals surface area contributed by atoms with Gasteiger partial charge in [0.1, 0.15) is 18.1 Å². The third-order valence-electron chi connectivity index (χ3n) is 4.69. The fourth-order valence-corrected chi connectivity index (χ4v) is 2.93. The number of amides is 4. The van der Waals surface area contributed by atoms with Gasteiger partial charge < -0.3 is 43.2 Å². The maximum absolute atomic E-state index is 12.8. The Morgan fingerprint density at radius 1 is 0.970 bits per heavy atom. The Morgan fingerprint density at radius 3 is 2.12 bits per heavy atom. The van der Waals surface area contributed by atoms with Crippen molar-refractivity contribution in [2.24, 2.45) is 17.2 Å². The third kappa shape index (κ3) is 10.6. The zero-order valence-electron chi connectivity index (χ0n) is 18.2. The summed E-state index contributed by atoms with van der Waals surface area (Å²) in [6.45, 7) is 0.0654. The van der Waals surface area contributed by atoms with Crippen LogP contribution in [0.4, 0.5) is 0 Å². The number of aliphatic carboxylic acids is 1. The number of primary amides is 1. The number of carbonyl (C=O) groups excluding carboxylic acids is 4. The number of imidazole rings is 1. The summed E-state index contributed by atoms with van der Waals surface area (Å²) in [5.41, 5.74) is 16.4. The number of H-pyrrole nitrogens is 1. The summed E-state index contributed by atoms with van der Waals surface area (Å²) in [5.74, 6) is -4.06. The number of nitrogens with two attached hydrogens (primary N) is 3. The molecule has 1 rings (SSSR count). The monoisotopic (exact) mass is 468 g/mol. The average Bonchev–Trinajstić information content (AvgIpc) is 3.28. The van der Waals surface area contributed by atoms with Crippen LogP contribution in [0.15, 0.2) is 12.5 Å². The van der Waals surface area contributed by atoms with E-state index in [1.54, 1.807) is 0 Å². The van der Waals surface area contributed by atoms with E-state index in [0.29, 0.717) is 25.1 Å². The van der Waals surface area contributed by atoms with Gasteiger partial charge in [-0.3, -0.25) is 19.2 Å². The largest absolute Gasteiger partial charge is 0.480 e. The minimum Gasteiger partial charge on any atom is -0.480 e. The molecule has 1 heterocycles. The predicted molar refractivity (Wildman–Crippen MR) is 116 cm³/mol. The maximum atomic E-state index is 12.8. The van der Waals surface area contributed by atoms with Gasteiger partial charge in [-0.2, -0.15) is 0 Å². The number of hydrogen-bond acceptors (Lipinski definition) is 8. The van der Waals surface area contributed by atoms with Crippen molar-refractivity contribution < 1.29 is 29.1 Å². The Morgan fingerprint density at radius 2 is 1.61 bits per heavy atom. The number of rotatable bonds is 16. The summed E-state index contributed by atoms with van der Waals surface area (Å²) < 4.78 is 0. The molecule has 14 heteroatoms. The van der Waals surface area contributed by atoms with Gasteiger partial charge in [-0.05, 0) is 32.2 Å². The van der Waals surface area contributed by atoms with E-state index in [4.69, 9.17) is 17.2 Å². The molecule has 3 atom stereocenters. The zero-order valence-corrected chi connectivity index (χ0v) is 18.2. The van der Waals surface area contributed by atoms with E-state index < -0.39 is 47.7 Å². The van der Waals surface area contributed by atoms with Crippen LogP contribution >= 0.6 is 0 Å². The highest BCUT2D eigenvalue weighted by Crippen LogP contribution is 2.06. The van der Waals surface area contributed by atoms with Crippen molar-refractivity contribution in [2.75, 3.05) is 13.1 Å². The lowest BCUT2D eigenvalue weighted by molar-refractivity contribution is -0.142. The van der Waals surface area contributed by atoms with Gasteiger partial charge in [0.2, 0.25) is 23.6 Å². The van der Waals surface area contributed by atoms with Gasteiger partial charge in [0.05, 0.1) is 12.9 Å². The lowest BCUT2D eigenvalue weighted by atomic mass is 10.1. The quantitative estimate of drug-likeness (QED) is 0.114. The van der Waals surface area contributed by atoms with Crippen LogP contribution < -0.4 is 33.2 Å². The van der Waals surface area contributed by atoms with E-state index in [1.807, 2.05) is 0 Å². The minimum absolute atomic E-state index is 0.0775. The second kappa shape index (κ2) is 14.5. The van der Waals surface area contributed by atoms with Gasteiger partial charge in [-0.1, -0.05) is 0 Å². The summed E-state index contributed by atoms with van der Waals surface area (Å²) in [6.07, 6.45) is 3.70. The Labute approximate surface area is 190 Å². The van der Waals surface area contributed by atoms with Crippen LogP contribution in [-0.2, 0) is 30.4 Å². The molecule has 11 N–H and O–H groups in total. The van der Waals surface area contributed by atoms with Crippen LogP contribution in [-0.4, -0.2) is 75.9 Å². The van der Waals surface area contributed by atoms with Crippen molar-refractivity contribution >= 4 is 29.6 Å². The summed E-state index contributed by atoms with van der Waals surface area (Å²) in [4.78, 5) is 66.7. The molecule has 0 aromatic carbocycles. The van der Waals surface area contributed by atoms with Crippen LogP contribution in [0.3, 0.4) is 0 Å². The minimum atomic E-state index is -1.32. The maximum Gasteiger partial charge on any atom is 0.326 e. The van der Waals surface area contributed by atoms with Crippen molar-refractivity contribution in [1.82, 2.24) is 25.9 Å². The van der Waals surface area contributed by atoms with Gasteiger partial charge in [-0.15, -0.1) is 0 Å². The molecule has 0 saturated heterocycles. The fourth-order valence-electron chi connectivity index (χ4n) is 2.93. The smallest absolute Gasteiger partial charge is 0.326 e. The molecule has 1 aromatic heterocycles. The summed E-state index contributed by atoms with van der Waals surface area (Å²) >= 11 is 0. The molecule has 3 unspecified atom stereocenters. The van der Waals surface area contributed by atoms with E-state index >= 15 is 0 Å². The fraction of sp³-hybridized carbons (Fsp3) is 0.579. The molecule has 0 saturated carbocycles. The van der Waals surface area contributed by atoms with Gasteiger partial charge >= 0.3 is 5.97 Å². The Balaban J connectivity index is 2.94. The molecular formula is C19H32N8O6. The molecule has 0 aliphatic rings. The molecule has 1 aromatic rings. The molecule has 33 heavy (non-hydrogen) atoms. The van der Waals surface area contributed by atoms with Crippen LogP contribution in [0.5, 0.6) is 0 Å². The Kier molecular flexibility index (Phi) is 12.1. The second-order valence-electron chi connectivity index (χ2n) is 7.36. The van der Waals surface area contributed by atoms with Gasteiger partial charge in [-0.25, -0.2) is 9.78 Å². The Bertz CT molecular complexity index is 800. The highest BCUT2D eigenvalue weighted by Gasteiger charge is 2.29. The number of unbranched alkanes of at least 4 members (excludes halogenated alkanes) is 1. The summed E-state index contributed by atoms with van der Waals surface area (Å²) in [5, 5.41) is 16.8. The first-order chi connectivity index (χ1) is 15.7. The summed E-state index contributed by atoms with van der Waals surface area (Å²) in [6, 6.07) is -3.57. The molecule has 0 radical (unpaired) electrons. The van der Waals surface area contributed by atoms with E-state index in [9.17, 15) is 29.1 Å². The molecular weight excluding hydrogens is 436 g/mol. The van der Waals surface area contributed by atoms with Gasteiger partial charge in [0.15, 0.2) is 0 Å². The number of carboxylic acids is 1. The van der Waals surface area contributed by atoms with Gasteiger partial charge in [0, 0.05) is 24.7 Å². The average molecular weight is 469 g/mol. The van der Waals surface area contributed by atoms with Crippen molar-refractivity contribution in [3.05, 3.63) is 18.2 Å². The Hall–Kier alpha value is -3.52. The first kappa shape index (κ1) is 27.5. The molecule has 14 nitrogen and oxygen atoms in total. The molecule has 0 aliphatic carbocycles. The van der Waals surface area contributed by atoms with Crippen molar-refractivity contribution in [3.8, 4) is 0 Å². The van der Waals surface area contributed by atoms with Crippen molar-refractivity contribution in [1.29, 1.82) is 0 Å². The molecule has 0 aliphatic heterocycles. The third-order valence-corrected chi connectivity index (χ3v) is 4.69. The number of carbonyl (C=O) groups is 5. The molecule has 0 bridgehead atoms. The summed E-state index contributed by atoms with van der Waals surface area (Å²) in [7, 11) is 0. The lowest BCUT2D eigenvalue weighted by Crippen LogP contribution is -2.56. The predicted octanol–water partition coefficient (Wildman–Crippen LogP) is -3.16. The van der Waals surface area contributed by atoms with Crippen LogP contribution in [0, 0.1) is 0 Å². The van der Waals surface area contributed by atoms with Crippen molar-refractivity contribution in [2.45, 2.75) is 56.7 Å². The van der Waals surface area contributed by atoms with E-state index in [0.717, 1.165) is 0 Å². The molecule has 184 valence electrons. The number of nitrogens with one attached hydrogen (secondary N) is 4. The number of aromatic amines is 1. The molecule has 0 spiro atoms. The number of carboxylic acid groups (broad SMARTS) is 1. The van der Waals surface area contributed by atoms with Crippen molar-refractivity contribution in [3.63, 3.8) is 0 Å². The number of nitrogens with zero attached hydrogens (tertiary/aromatic N) is 1. The molecule has 0 fully saturated rings. The van der Waals surface area contributed by atoms with Crippen LogP contribution in [0.2, 0.25) is 0 Å². The van der Waals surface area contributed by atoms with Gasteiger partial charge in [0.25, 0.3) is 0 Å². The standard InChI is InChI=1S/C19H32N8O6/c20-6-2-1-3-12(25-16(29)8-21)17(30)26-13(4-5-15(22)28)18(31)27-14(19(32)33)7-11-9-23-10-24-11/h9-10,12-14H,1-8,20-21H2,(H2,22,28)(H,23,24)(H,25,29)(H,26,30)(H,27,31)(H,32,33). The second-order valence-corrected chi connectivity index (χ2v) is 7.36. The van der Waals surface area contributed by atoms with Crippen LogP contribution in [0.25, 0.3) is 0 Å². The highest BCUT2D eigenvalue weighted by atomic mass is 16.4. The zero-order chi connectivity index (χ0) is 24.8. The topological polar surface area (TPSA) is 248 Å². The number of hydrogen-bond donors (Lipinski definition) is 8. The SMILES string of the molecule is NCCCCC(NC(=O)CN)C(=O)NC(CCC(N)=O)C(=O)NC(Cc1cnc[nH]1)C(=O)O.